The van der Waals surface area contributed by atoms with E-state index in [2.05, 4.69) is 41.2 Å². The molecule has 0 rings (SSSR count). The van der Waals surface area contributed by atoms with E-state index in [0.29, 0.717) is 0 Å². The van der Waals surface area contributed by atoms with Gasteiger partial charge in [-0.2, -0.15) is 0 Å². The van der Waals surface area contributed by atoms with E-state index >= 15 is 0 Å². The molecule has 0 saturated carbocycles. The Labute approximate surface area is 90.9 Å². The first-order valence-electron chi connectivity index (χ1n) is 5.41. The average Bonchev–Trinajstić information content (AvgIpc) is 1.99. The van der Waals surface area contributed by atoms with Gasteiger partial charge in [-0.25, -0.2) is 0 Å². The van der Waals surface area contributed by atoms with Crippen molar-refractivity contribution in [3.63, 3.8) is 0 Å². The van der Waals surface area contributed by atoms with Gasteiger partial charge < -0.3 is 0 Å². The van der Waals surface area contributed by atoms with Crippen molar-refractivity contribution in [1.82, 2.24) is 0 Å². The third-order valence-corrected chi connectivity index (χ3v) is 2.39. The number of hydrogen-bond donors (Lipinski definition) is 0. The summed E-state index contributed by atoms with van der Waals surface area (Å²) in [5.41, 5.74) is 3.97. The van der Waals surface area contributed by atoms with Crippen molar-refractivity contribution in [2.24, 2.45) is 0 Å². The van der Waals surface area contributed by atoms with Crippen molar-refractivity contribution >= 4 is 7.85 Å². The third kappa shape index (κ3) is 5.31. The van der Waals surface area contributed by atoms with Gasteiger partial charge in [-0.15, -0.1) is 0 Å². The van der Waals surface area contributed by atoms with Crippen LogP contribution in [0.4, 0.5) is 0 Å². The summed E-state index contributed by atoms with van der Waals surface area (Å²) < 4.78 is 0. The molecule has 0 aromatic carbocycles. The lowest BCUT2D eigenvalue weighted by Crippen LogP contribution is -2.05. The summed E-state index contributed by atoms with van der Waals surface area (Å²) in [6.45, 7) is 14.6. The minimum absolute atomic E-state index is 0.110. The Hall–Kier alpha value is -0.455. The second-order valence-electron chi connectivity index (χ2n) is 4.92. The van der Waals surface area contributed by atoms with Gasteiger partial charge in [0.2, 0.25) is 0 Å². The summed E-state index contributed by atoms with van der Waals surface area (Å²) in [4.78, 5) is 0. The van der Waals surface area contributed by atoms with E-state index in [4.69, 9.17) is 7.85 Å². The van der Waals surface area contributed by atoms with Gasteiger partial charge >= 0.3 is 0 Å². The fraction of sp³-hybridized carbons (Fsp3) is 0.692. The third-order valence-electron chi connectivity index (χ3n) is 2.39. The van der Waals surface area contributed by atoms with Crippen LogP contribution in [0.15, 0.2) is 23.3 Å². The van der Waals surface area contributed by atoms with Crippen molar-refractivity contribution in [1.29, 1.82) is 0 Å². The maximum atomic E-state index is 6.04. The molecule has 1 heteroatoms. The monoisotopic (exact) mass is 190 g/mol. The van der Waals surface area contributed by atoms with Crippen molar-refractivity contribution in [3.8, 4) is 0 Å². The molecule has 0 N–H and O–H groups in total. The van der Waals surface area contributed by atoms with Crippen molar-refractivity contribution in [2.45, 2.75) is 59.2 Å². The molecule has 0 aliphatic rings. The summed E-state index contributed by atoms with van der Waals surface area (Å²) in [5, 5.41) is -0.110. The lowest BCUT2D eigenvalue weighted by atomic mass is 9.67. The average molecular weight is 190 g/mol. The molecule has 0 aliphatic heterocycles. The maximum absolute atomic E-state index is 6.04. The molecule has 0 aliphatic carbocycles. The molecule has 0 aromatic rings. The predicted octanol–water partition coefficient (Wildman–Crippen LogP) is 4.44. The van der Waals surface area contributed by atoms with Crippen LogP contribution in [0.2, 0.25) is 5.31 Å². The Morgan fingerprint density at radius 2 is 1.79 bits per heavy atom. The molecule has 0 saturated heterocycles. The fourth-order valence-corrected chi connectivity index (χ4v) is 1.56. The van der Waals surface area contributed by atoms with Crippen LogP contribution in [-0.4, -0.2) is 7.85 Å². The van der Waals surface area contributed by atoms with Crippen molar-refractivity contribution < 1.29 is 0 Å². The van der Waals surface area contributed by atoms with E-state index in [9.17, 15) is 0 Å². The van der Waals surface area contributed by atoms with Crippen LogP contribution in [0.5, 0.6) is 0 Å². The lowest BCUT2D eigenvalue weighted by molar-refractivity contribution is 0.642. The molecule has 0 fully saturated rings. The Morgan fingerprint density at radius 3 is 2.07 bits per heavy atom. The van der Waals surface area contributed by atoms with Gasteiger partial charge in [0.05, 0.1) is 7.85 Å². The Balaban J connectivity index is 4.76. The first-order valence-corrected chi connectivity index (χ1v) is 5.41. The van der Waals surface area contributed by atoms with Crippen LogP contribution >= 0.6 is 0 Å². The zero-order chi connectivity index (χ0) is 11.4. The van der Waals surface area contributed by atoms with E-state index in [0.717, 1.165) is 18.4 Å². The molecule has 0 atom stereocenters. The van der Waals surface area contributed by atoms with Gasteiger partial charge in [0.25, 0.3) is 0 Å². The van der Waals surface area contributed by atoms with Crippen LogP contribution < -0.4 is 0 Å². The highest BCUT2D eigenvalue weighted by atomic mass is 14.2. The molecule has 0 unspecified atom stereocenters. The second kappa shape index (κ2) is 5.43. The van der Waals surface area contributed by atoms with Crippen LogP contribution in [0.3, 0.4) is 0 Å². The maximum Gasteiger partial charge on any atom is 0.0743 e. The molecule has 0 amide bonds. The smallest absolute Gasteiger partial charge is 0.0743 e. The molecule has 0 spiro atoms. The van der Waals surface area contributed by atoms with E-state index in [-0.39, 0.29) is 5.31 Å². The summed E-state index contributed by atoms with van der Waals surface area (Å²) >= 11 is 0. The van der Waals surface area contributed by atoms with Crippen LogP contribution in [0.1, 0.15) is 53.9 Å². The highest BCUT2D eigenvalue weighted by molar-refractivity contribution is 6.14. The fourth-order valence-electron chi connectivity index (χ4n) is 1.56. The van der Waals surface area contributed by atoms with Gasteiger partial charge in [0.1, 0.15) is 0 Å². The molecule has 78 valence electrons. The van der Waals surface area contributed by atoms with Crippen LogP contribution in [0.25, 0.3) is 0 Å². The summed E-state index contributed by atoms with van der Waals surface area (Å²) in [5.74, 6) is 0. The zero-order valence-electron chi connectivity index (χ0n) is 10.4. The lowest BCUT2D eigenvalue weighted by Gasteiger charge is -2.23. The molecule has 0 bridgehead atoms. The SMILES string of the molecule is [B]C(C)(C)C/C(CCC)=C(\C)C(=C)C. The Morgan fingerprint density at radius 1 is 1.29 bits per heavy atom. The van der Waals surface area contributed by atoms with E-state index in [1.165, 1.54) is 17.6 Å². The minimum atomic E-state index is -0.110. The van der Waals surface area contributed by atoms with Crippen molar-refractivity contribution in [2.75, 3.05) is 0 Å². The standard InChI is InChI=1S/C13H23B/c1-7-8-12(9-13(5,6)14)11(4)10(2)3/h2,7-9H2,1,3-6H3/b12-11+. The van der Waals surface area contributed by atoms with Gasteiger partial charge in [0.15, 0.2) is 0 Å². The summed E-state index contributed by atoms with van der Waals surface area (Å²) in [7, 11) is 6.04. The molecular formula is C13H23B. The van der Waals surface area contributed by atoms with E-state index in [1.54, 1.807) is 0 Å². The highest BCUT2D eigenvalue weighted by Crippen LogP contribution is 2.33. The molecule has 0 heterocycles. The summed E-state index contributed by atoms with van der Waals surface area (Å²) in [6, 6.07) is 0. The van der Waals surface area contributed by atoms with Crippen LogP contribution in [-0.2, 0) is 0 Å². The Kier molecular flexibility index (Phi) is 5.26. The number of rotatable bonds is 5. The largest absolute Gasteiger partial charge is 0.0959 e. The highest BCUT2D eigenvalue weighted by Gasteiger charge is 2.14. The van der Waals surface area contributed by atoms with Crippen LogP contribution in [0, 0.1) is 0 Å². The molecule has 2 radical (unpaired) electrons. The van der Waals surface area contributed by atoms with Gasteiger partial charge in [-0.05, 0) is 32.3 Å². The number of allylic oxidation sites excluding steroid dienone is 3. The molecule has 14 heavy (non-hydrogen) atoms. The topological polar surface area (TPSA) is 0 Å². The summed E-state index contributed by atoms with van der Waals surface area (Å²) in [6.07, 6.45) is 3.29. The molecule has 0 aromatic heterocycles. The first-order chi connectivity index (χ1) is 6.28. The minimum Gasteiger partial charge on any atom is -0.0959 e. The first kappa shape index (κ1) is 13.5. The molecular weight excluding hydrogens is 167 g/mol. The molecule has 0 nitrogen and oxygen atoms in total. The van der Waals surface area contributed by atoms with Gasteiger partial charge in [-0.3, -0.25) is 0 Å². The quantitative estimate of drug-likeness (QED) is 0.444. The van der Waals surface area contributed by atoms with E-state index < -0.39 is 0 Å². The Bertz CT molecular complexity index is 228. The van der Waals surface area contributed by atoms with Crippen molar-refractivity contribution in [3.05, 3.63) is 23.3 Å². The second-order valence-corrected chi connectivity index (χ2v) is 4.92. The van der Waals surface area contributed by atoms with Gasteiger partial charge in [-0.1, -0.05) is 50.2 Å². The number of hydrogen-bond acceptors (Lipinski definition) is 0. The predicted molar refractivity (Wildman–Crippen MR) is 66.8 cm³/mol. The normalized spacial score (nSPS) is 13.8. The zero-order valence-corrected chi connectivity index (χ0v) is 10.4. The van der Waals surface area contributed by atoms with E-state index in [1.807, 2.05) is 0 Å². The van der Waals surface area contributed by atoms with Gasteiger partial charge in [0, 0.05) is 0 Å².